The van der Waals surface area contributed by atoms with Gasteiger partial charge in [0, 0.05) is 18.1 Å². The van der Waals surface area contributed by atoms with Crippen LogP contribution >= 0.6 is 0 Å². The largest absolute Gasteiger partial charge is 1.00 e. The molecule has 0 atom stereocenters. The van der Waals surface area contributed by atoms with E-state index in [1.165, 1.54) is 70.6 Å². The molecule has 0 saturated heterocycles. The van der Waals surface area contributed by atoms with E-state index in [-0.39, 0.29) is 24.0 Å². The van der Waals surface area contributed by atoms with E-state index in [9.17, 15) is 4.79 Å². The van der Waals surface area contributed by atoms with Gasteiger partial charge in [0.1, 0.15) is 6.61 Å². The van der Waals surface area contributed by atoms with Crippen molar-refractivity contribution in [2.24, 2.45) is 17.8 Å². The molecule has 4 bridgehead atoms. The van der Waals surface area contributed by atoms with Crippen molar-refractivity contribution in [3.8, 4) is 0 Å². The molecule has 5 fully saturated rings. The van der Waals surface area contributed by atoms with E-state index >= 15 is 0 Å². The van der Waals surface area contributed by atoms with Gasteiger partial charge in [-0.3, -0.25) is 0 Å². The van der Waals surface area contributed by atoms with E-state index in [0.717, 1.165) is 24.3 Å². The Kier molecular flexibility index (Phi) is 5.97. The lowest BCUT2D eigenvalue weighted by atomic mass is 9.53. The van der Waals surface area contributed by atoms with Gasteiger partial charge >= 0.3 is 6.09 Å². The first kappa shape index (κ1) is 18.3. The van der Waals surface area contributed by atoms with Crippen molar-refractivity contribution < 1.29 is 21.9 Å². The molecule has 0 spiro atoms. The number of nitrogens with one attached hydrogen (secondary N) is 2. The maximum absolute atomic E-state index is 12.2. The van der Waals surface area contributed by atoms with Crippen molar-refractivity contribution in [3.05, 3.63) is 0 Å². The summed E-state index contributed by atoms with van der Waals surface area (Å²) >= 11 is 0. The molecule has 0 unspecified atom stereocenters. The minimum absolute atomic E-state index is 0. The van der Waals surface area contributed by atoms with E-state index in [1.54, 1.807) is 0 Å². The zero-order valence-corrected chi connectivity index (χ0v) is 15.5. The van der Waals surface area contributed by atoms with Gasteiger partial charge in [-0.05, 0) is 69.1 Å². The second-order valence-corrected chi connectivity index (χ2v) is 8.75. The van der Waals surface area contributed by atoms with Gasteiger partial charge in [0.25, 0.3) is 0 Å². The fourth-order valence-corrected chi connectivity index (χ4v) is 6.23. The summed E-state index contributed by atoms with van der Waals surface area (Å²) in [6.07, 6.45) is 14.2. The summed E-state index contributed by atoms with van der Waals surface area (Å²) in [6, 6.07) is 0.638. The molecule has 2 N–H and O–H groups in total. The Bertz CT molecular complexity index is 402. The maximum atomic E-state index is 12.2. The van der Waals surface area contributed by atoms with E-state index in [4.69, 9.17) is 4.74 Å². The van der Waals surface area contributed by atoms with Crippen molar-refractivity contribution in [2.75, 3.05) is 13.2 Å². The highest BCUT2D eigenvalue weighted by Crippen LogP contribution is 2.55. The fourth-order valence-electron chi connectivity index (χ4n) is 6.23. The molecule has 4 nitrogen and oxygen atoms in total. The zero-order chi connectivity index (χ0) is 15.7. The summed E-state index contributed by atoms with van der Waals surface area (Å²) in [5.74, 6) is 2.57. The Morgan fingerprint density at radius 1 is 0.958 bits per heavy atom. The number of hydrogen-bond acceptors (Lipinski definition) is 3. The SMILES string of the molecule is O=C(NC12CC3CC(CC(C3)C1)C2)OCCNC1CCCCC1.[Cl-]. The van der Waals surface area contributed by atoms with Crippen LogP contribution in [0.1, 0.15) is 70.6 Å². The summed E-state index contributed by atoms with van der Waals surface area (Å²) < 4.78 is 5.46. The van der Waals surface area contributed by atoms with Crippen molar-refractivity contribution in [1.82, 2.24) is 10.6 Å². The monoisotopic (exact) mass is 355 g/mol. The number of amides is 1. The number of halogens is 1. The number of carbonyl (C=O) groups excluding carboxylic acids is 1. The quantitative estimate of drug-likeness (QED) is 0.710. The number of rotatable bonds is 5. The Balaban J connectivity index is 0.00000169. The zero-order valence-electron chi connectivity index (χ0n) is 14.7. The highest BCUT2D eigenvalue weighted by molar-refractivity contribution is 5.68. The van der Waals surface area contributed by atoms with Crippen molar-refractivity contribution in [2.45, 2.75) is 82.2 Å². The molecule has 5 heteroatoms. The second kappa shape index (κ2) is 7.82. The lowest BCUT2D eigenvalue weighted by Gasteiger charge is -2.56. The third-order valence-corrected chi connectivity index (χ3v) is 6.78. The van der Waals surface area contributed by atoms with Gasteiger partial charge in [-0.15, -0.1) is 0 Å². The first-order chi connectivity index (χ1) is 11.2. The second-order valence-electron chi connectivity index (χ2n) is 8.75. The van der Waals surface area contributed by atoms with Crippen molar-refractivity contribution >= 4 is 6.09 Å². The van der Waals surface area contributed by atoms with Crippen LogP contribution in [0.5, 0.6) is 0 Å². The smallest absolute Gasteiger partial charge is 0.407 e. The Morgan fingerprint density at radius 2 is 1.54 bits per heavy atom. The first-order valence-electron chi connectivity index (χ1n) is 9.89. The molecule has 5 rings (SSSR count). The van der Waals surface area contributed by atoms with Crippen LogP contribution in [0.25, 0.3) is 0 Å². The first-order valence-corrected chi connectivity index (χ1v) is 9.89. The number of carbonyl (C=O) groups is 1. The summed E-state index contributed by atoms with van der Waals surface area (Å²) in [7, 11) is 0. The number of hydrogen-bond donors (Lipinski definition) is 2. The van der Waals surface area contributed by atoms with Gasteiger partial charge in [-0.1, -0.05) is 19.3 Å². The Labute approximate surface area is 152 Å². The lowest BCUT2D eigenvalue weighted by Crippen LogP contribution is -3.00. The summed E-state index contributed by atoms with van der Waals surface area (Å²) in [5.41, 5.74) is 0.0721. The predicted octanol–water partition coefficient (Wildman–Crippen LogP) is 0.608. The number of alkyl carbamates (subject to hydrolysis) is 1. The molecule has 0 heterocycles. The molecule has 0 aromatic heterocycles. The van der Waals surface area contributed by atoms with Crippen LogP contribution in [0.3, 0.4) is 0 Å². The highest BCUT2D eigenvalue weighted by Gasteiger charge is 2.51. The van der Waals surface area contributed by atoms with Crippen LogP contribution in [-0.2, 0) is 4.74 Å². The molecule has 5 aliphatic rings. The maximum Gasteiger partial charge on any atom is 0.407 e. The molecule has 5 saturated carbocycles. The molecule has 0 aromatic carbocycles. The standard InChI is InChI=1S/C19H32N2O2.ClH/c22-18(23-7-6-20-17-4-2-1-3-5-17)21-19-11-14-8-15(12-19)10-16(9-14)13-19;/h14-17,20H,1-13H2,(H,21,22);1H/p-1. The minimum atomic E-state index is -0.183. The van der Waals surface area contributed by atoms with Crippen LogP contribution < -0.4 is 23.0 Å². The summed E-state index contributed by atoms with van der Waals surface area (Å²) in [5, 5.41) is 6.81. The normalized spacial score (nSPS) is 37.8. The molecule has 138 valence electrons. The third kappa shape index (κ3) is 4.19. The molecule has 1 amide bonds. The van der Waals surface area contributed by atoms with Gasteiger partial charge < -0.3 is 27.8 Å². The van der Waals surface area contributed by atoms with Crippen molar-refractivity contribution in [3.63, 3.8) is 0 Å². The topological polar surface area (TPSA) is 50.4 Å². The molecule has 5 aliphatic carbocycles. The van der Waals surface area contributed by atoms with Gasteiger partial charge in [-0.25, -0.2) is 4.79 Å². The van der Waals surface area contributed by atoms with Crippen molar-refractivity contribution in [1.29, 1.82) is 0 Å². The van der Waals surface area contributed by atoms with Crippen LogP contribution in [0.15, 0.2) is 0 Å². The molecule has 0 aromatic rings. The van der Waals surface area contributed by atoms with E-state index in [2.05, 4.69) is 10.6 Å². The van der Waals surface area contributed by atoms with Crippen LogP contribution in [0, 0.1) is 17.8 Å². The van der Waals surface area contributed by atoms with E-state index < -0.39 is 0 Å². The minimum Gasteiger partial charge on any atom is -1.00 e. The average Bonchev–Trinajstić information content (AvgIpc) is 2.51. The molecular weight excluding hydrogens is 324 g/mol. The van der Waals surface area contributed by atoms with Gasteiger partial charge in [-0.2, -0.15) is 0 Å². The van der Waals surface area contributed by atoms with Crippen LogP contribution in [-0.4, -0.2) is 30.8 Å². The fraction of sp³-hybridized carbons (Fsp3) is 0.947. The number of ether oxygens (including phenoxy) is 1. The van der Waals surface area contributed by atoms with Gasteiger partial charge in [0.2, 0.25) is 0 Å². The molecule has 0 aliphatic heterocycles. The lowest BCUT2D eigenvalue weighted by molar-refractivity contribution is -0.0190. The van der Waals surface area contributed by atoms with Gasteiger partial charge in [0.05, 0.1) is 0 Å². The Morgan fingerprint density at radius 3 is 2.12 bits per heavy atom. The molecule has 24 heavy (non-hydrogen) atoms. The average molecular weight is 356 g/mol. The highest BCUT2D eigenvalue weighted by atomic mass is 35.5. The van der Waals surface area contributed by atoms with E-state index in [1.807, 2.05) is 0 Å². The van der Waals surface area contributed by atoms with Crippen LogP contribution in [0.4, 0.5) is 4.79 Å². The van der Waals surface area contributed by atoms with E-state index in [0.29, 0.717) is 12.6 Å². The Hall–Kier alpha value is -0.480. The molecular formula is C19H32ClN2O2-. The predicted molar refractivity (Wildman–Crippen MR) is 90.3 cm³/mol. The summed E-state index contributed by atoms with van der Waals surface area (Å²) in [6.45, 7) is 1.29. The van der Waals surface area contributed by atoms with Crippen LogP contribution in [0.2, 0.25) is 0 Å². The summed E-state index contributed by atoms with van der Waals surface area (Å²) in [4.78, 5) is 12.2. The molecule has 0 radical (unpaired) electrons. The van der Waals surface area contributed by atoms with Gasteiger partial charge in [0.15, 0.2) is 0 Å². The third-order valence-electron chi connectivity index (χ3n) is 6.78.